The van der Waals surface area contributed by atoms with Crippen molar-refractivity contribution in [1.82, 2.24) is 19.1 Å². The van der Waals surface area contributed by atoms with Crippen LogP contribution < -0.4 is 0 Å². The molecule has 71 heavy (non-hydrogen) atoms. The van der Waals surface area contributed by atoms with Crippen molar-refractivity contribution in [3.63, 3.8) is 0 Å². The van der Waals surface area contributed by atoms with E-state index in [1.54, 1.807) is 0 Å². The third-order valence-corrected chi connectivity index (χ3v) is 14.1. The van der Waals surface area contributed by atoms with Gasteiger partial charge in [-0.1, -0.05) is 184 Å². The highest BCUT2D eigenvalue weighted by atomic mass is 16.3. The minimum atomic E-state index is -0.345. The van der Waals surface area contributed by atoms with Gasteiger partial charge in [-0.25, -0.2) is 4.98 Å². The second-order valence-corrected chi connectivity index (χ2v) is 22.1. The summed E-state index contributed by atoms with van der Waals surface area (Å²) in [6.07, 6.45) is 1.93. The van der Waals surface area contributed by atoms with Crippen LogP contribution in [0.2, 0.25) is 0 Å². The van der Waals surface area contributed by atoms with E-state index in [0.29, 0.717) is 11.4 Å². The van der Waals surface area contributed by atoms with E-state index < -0.39 is 0 Å². The van der Waals surface area contributed by atoms with Crippen molar-refractivity contribution in [3.8, 4) is 73.2 Å². The molecule has 0 fully saturated rings. The summed E-state index contributed by atoms with van der Waals surface area (Å²) < 4.78 is 4.69. The second-order valence-electron chi connectivity index (χ2n) is 22.1. The van der Waals surface area contributed by atoms with Crippen LogP contribution in [0.25, 0.3) is 100 Å². The van der Waals surface area contributed by atoms with Crippen LogP contribution in [0.15, 0.2) is 194 Å². The van der Waals surface area contributed by atoms with Gasteiger partial charge in [-0.2, -0.15) is 0 Å². The molecule has 0 aliphatic heterocycles. The average Bonchev–Trinajstić information content (AvgIpc) is 3.92. The number of imidazole rings is 1. The van der Waals surface area contributed by atoms with Crippen molar-refractivity contribution < 1.29 is 5.11 Å². The van der Waals surface area contributed by atoms with E-state index in [4.69, 9.17) is 9.97 Å². The van der Waals surface area contributed by atoms with Crippen LogP contribution in [0.1, 0.15) is 79.0 Å². The number of aromatic nitrogens is 4. The van der Waals surface area contributed by atoms with E-state index in [-0.39, 0.29) is 22.0 Å². The SMILES string of the molecule is CC(C)(C)c1ccc(-n2c(-c3cc(C(C)(C)C)cc(C(C)(C)C)c3O)nc3c(-c4cc(-c5cc(-c6ccccc6)ccn5)c5c(c4)c4ccccc4n5-c4ccccc4)cccc32)c(-c2ccccc2)c1. The van der Waals surface area contributed by atoms with E-state index >= 15 is 0 Å². The molecule has 0 amide bonds. The van der Waals surface area contributed by atoms with Gasteiger partial charge in [0, 0.05) is 44.9 Å². The molecular formula is C66H60N4O. The number of rotatable bonds is 7. The highest BCUT2D eigenvalue weighted by Gasteiger charge is 2.30. The maximum absolute atomic E-state index is 12.7. The number of phenolic OH excluding ortho intramolecular Hbond substituents is 1. The number of aromatic hydroxyl groups is 1. The molecule has 8 aromatic carbocycles. The lowest BCUT2D eigenvalue weighted by atomic mass is 9.79. The lowest BCUT2D eigenvalue weighted by Crippen LogP contribution is -2.17. The molecule has 0 atom stereocenters. The number of para-hydroxylation sites is 3. The molecule has 0 unspecified atom stereocenters. The average molecular weight is 925 g/mol. The third kappa shape index (κ3) is 8.09. The first-order chi connectivity index (χ1) is 34.0. The van der Waals surface area contributed by atoms with Crippen molar-refractivity contribution in [2.45, 2.75) is 78.6 Å². The predicted octanol–water partition coefficient (Wildman–Crippen LogP) is 17.5. The maximum Gasteiger partial charge on any atom is 0.149 e. The summed E-state index contributed by atoms with van der Waals surface area (Å²) in [5.41, 5.74) is 17.7. The highest BCUT2D eigenvalue weighted by molar-refractivity contribution is 6.16. The summed E-state index contributed by atoms with van der Waals surface area (Å²) in [5.74, 6) is 0.930. The van der Waals surface area contributed by atoms with Crippen LogP contribution in [0, 0.1) is 0 Å². The van der Waals surface area contributed by atoms with Crippen molar-refractivity contribution in [2.24, 2.45) is 0 Å². The van der Waals surface area contributed by atoms with Gasteiger partial charge < -0.3 is 9.67 Å². The Balaban J connectivity index is 1.27. The van der Waals surface area contributed by atoms with Crippen LogP contribution in [-0.4, -0.2) is 24.2 Å². The molecule has 0 saturated carbocycles. The Morgan fingerprint density at radius 1 is 0.423 bits per heavy atom. The number of benzene rings is 8. The fourth-order valence-electron chi connectivity index (χ4n) is 10.3. The quantitative estimate of drug-likeness (QED) is 0.173. The summed E-state index contributed by atoms with van der Waals surface area (Å²) >= 11 is 0. The Morgan fingerprint density at radius 2 is 1.06 bits per heavy atom. The number of nitrogens with zero attached hydrogens (tertiary/aromatic N) is 4. The standard InChI is InChI=1S/C66H60N4O/c1-64(2,3)46-32-33-58(51(39-46)43-24-15-11-16-25-43)70-59-31-21-29-49(60(59)68-63(70)54-40-47(65(4,5)6)41-55(62(54)71)66(7,8)9)45-36-52-50-28-19-20-30-57(50)69(48-26-17-12-18-27-48)61(52)53(37-45)56-38-44(34-35-67-56)42-22-13-10-14-23-42/h10-41,71H,1-9H3. The zero-order chi connectivity index (χ0) is 49.4. The van der Waals surface area contributed by atoms with E-state index in [0.717, 1.165) is 100.0 Å². The molecule has 0 spiro atoms. The van der Waals surface area contributed by atoms with Gasteiger partial charge in [0.15, 0.2) is 0 Å². The van der Waals surface area contributed by atoms with Crippen molar-refractivity contribution in [2.75, 3.05) is 0 Å². The van der Waals surface area contributed by atoms with E-state index in [1.807, 2.05) is 6.20 Å². The zero-order valence-electron chi connectivity index (χ0n) is 42.2. The van der Waals surface area contributed by atoms with Gasteiger partial charge >= 0.3 is 0 Å². The maximum atomic E-state index is 12.7. The minimum absolute atomic E-state index is 0.0918. The number of phenols is 1. The molecular weight excluding hydrogens is 865 g/mol. The molecule has 3 heterocycles. The molecule has 0 bridgehead atoms. The molecule has 5 heteroatoms. The number of pyridine rings is 1. The number of hydrogen-bond acceptors (Lipinski definition) is 3. The van der Waals surface area contributed by atoms with Crippen LogP contribution in [-0.2, 0) is 16.2 Å². The fraction of sp³-hybridized carbons (Fsp3) is 0.182. The summed E-state index contributed by atoms with van der Waals surface area (Å²) in [6, 6.07) is 67.2. The van der Waals surface area contributed by atoms with Gasteiger partial charge in [-0.15, -0.1) is 0 Å². The topological polar surface area (TPSA) is 55.9 Å². The van der Waals surface area contributed by atoms with Gasteiger partial charge in [0.25, 0.3) is 0 Å². The van der Waals surface area contributed by atoms with Crippen LogP contribution in [0.5, 0.6) is 5.75 Å². The van der Waals surface area contributed by atoms with Gasteiger partial charge in [-0.05, 0) is 116 Å². The predicted molar refractivity (Wildman–Crippen MR) is 298 cm³/mol. The second kappa shape index (κ2) is 17.1. The molecule has 350 valence electrons. The zero-order valence-corrected chi connectivity index (χ0v) is 42.2. The fourth-order valence-corrected chi connectivity index (χ4v) is 10.3. The van der Waals surface area contributed by atoms with E-state index in [2.05, 4.69) is 260 Å². The van der Waals surface area contributed by atoms with Gasteiger partial charge in [-0.3, -0.25) is 9.55 Å². The Morgan fingerprint density at radius 3 is 1.75 bits per heavy atom. The summed E-state index contributed by atoms with van der Waals surface area (Å²) in [4.78, 5) is 10.9. The largest absolute Gasteiger partial charge is 0.507 e. The molecule has 3 aromatic heterocycles. The monoisotopic (exact) mass is 924 g/mol. The molecule has 11 aromatic rings. The van der Waals surface area contributed by atoms with Gasteiger partial charge in [0.2, 0.25) is 0 Å². The molecule has 0 saturated heterocycles. The molecule has 0 radical (unpaired) electrons. The van der Waals surface area contributed by atoms with Gasteiger partial charge in [0.05, 0.1) is 39.0 Å². The Bertz CT molecular complexity index is 3800. The van der Waals surface area contributed by atoms with Crippen LogP contribution in [0.4, 0.5) is 0 Å². The Kier molecular flexibility index (Phi) is 11.0. The molecule has 11 rings (SSSR count). The Labute approximate surface area is 417 Å². The lowest BCUT2D eigenvalue weighted by molar-refractivity contribution is 0.446. The van der Waals surface area contributed by atoms with Crippen molar-refractivity contribution in [3.05, 3.63) is 211 Å². The minimum Gasteiger partial charge on any atom is -0.507 e. The first-order valence-electron chi connectivity index (χ1n) is 24.8. The van der Waals surface area contributed by atoms with Gasteiger partial charge in [0.1, 0.15) is 11.6 Å². The third-order valence-electron chi connectivity index (χ3n) is 14.1. The van der Waals surface area contributed by atoms with Crippen LogP contribution >= 0.6 is 0 Å². The molecule has 5 nitrogen and oxygen atoms in total. The first-order valence-corrected chi connectivity index (χ1v) is 24.8. The molecule has 1 N–H and O–H groups in total. The normalized spacial score (nSPS) is 12.4. The van der Waals surface area contributed by atoms with Crippen LogP contribution in [0.3, 0.4) is 0 Å². The smallest absolute Gasteiger partial charge is 0.149 e. The van der Waals surface area contributed by atoms with E-state index in [1.165, 1.54) is 5.56 Å². The molecule has 0 aliphatic carbocycles. The lowest BCUT2D eigenvalue weighted by Gasteiger charge is -2.28. The van der Waals surface area contributed by atoms with Crippen molar-refractivity contribution >= 4 is 32.8 Å². The number of hydrogen-bond donors (Lipinski definition) is 1. The Hall–Kier alpha value is -8.02. The summed E-state index contributed by atoms with van der Waals surface area (Å²) in [6.45, 7) is 20.0. The summed E-state index contributed by atoms with van der Waals surface area (Å²) in [7, 11) is 0. The highest BCUT2D eigenvalue weighted by Crippen LogP contribution is 2.47. The summed E-state index contributed by atoms with van der Waals surface area (Å²) in [5, 5.41) is 15.0. The van der Waals surface area contributed by atoms with Crippen molar-refractivity contribution in [1.29, 1.82) is 0 Å². The number of fused-ring (bicyclic) bond motifs is 4. The first kappa shape index (κ1) is 45.4. The van der Waals surface area contributed by atoms with E-state index in [9.17, 15) is 5.11 Å². The molecule has 0 aliphatic rings.